The summed E-state index contributed by atoms with van der Waals surface area (Å²) in [4.78, 5) is 13.4. The molecule has 1 heterocycles. The molecule has 0 aliphatic carbocycles. The lowest BCUT2D eigenvalue weighted by atomic mass is 9.84. The Morgan fingerprint density at radius 1 is 1.15 bits per heavy atom. The van der Waals surface area contributed by atoms with E-state index in [1.54, 1.807) is 30.0 Å². The van der Waals surface area contributed by atoms with E-state index in [2.05, 4.69) is 0 Å². The van der Waals surface area contributed by atoms with Crippen molar-refractivity contribution < 1.29 is 23.8 Å². The first-order chi connectivity index (χ1) is 12.5. The predicted molar refractivity (Wildman–Crippen MR) is 94.6 cm³/mol. The normalized spacial score (nSPS) is 16.2. The van der Waals surface area contributed by atoms with Gasteiger partial charge in [-0.05, 0) is 50.1 Å². The number of carbonyl (C=O) groups is 1. The average molecular weight is 359 g/mol. The first-order valence-corrected chi connectivity index (χ1v) is 8.69. The van der Waals surface area contributed by atoms with Crippen molar-refractivity contribution in [2.24, 2.45) is 0 Å². The van der Waals surface area contributed by atoms with Crippen molar-refractivity contribution in [3.05, 3.63) is 59.9 Å². The van der Waals surface area contributed by atoms with Gasteiger partial charge in [0.1, 0.15) is 17.3 Å². The third-order valence-corrected chi connectivity index (χ3v) is 4.55. The molecule has 1 saturated heterocycles. The highest BCUT2D eigenvalue weighted by atomic mass is 19.1. The minimum absolute atomic E-state index is 0.327. The zero-order chi connectivity index (χ0) is 18.6. The van der Waals surface area contributed by atoms with Gasteiger partial charge >= 0.3 is 6.09 Å². The first-order valence-electron chi connectivity index (χ1n) is 8.69. The zero-order valence-electron chi connectivity index (χ0n) is 14.7. The lowest BCUT2D eigenvalue weighted by Crippen LogP contribution is -2.45. The zero-order valence-corrected chi connectivity index (χ0v) is 14.7. The maximum atomic E-state index is 13.1. The summed E-state index contributed by atoms with van der Waals surface area (Å²) >= 11 is 0. The van der Waals surface area contributed by atoms with Gasteiger partial charge in [0.25, 0.3) is 0 Å². The fourth-order valence-electron chi connectivity index (χ4n) is 3.11. The van der Waals surface area contributed by atoms with Crippen molar-refractivity contribution >= 4 is 6.09 Å². The van der Waals surface area contributed by atoms with E-state index in [-0.39, 0.29) is 11.9 Å². The monoisotopic (exact) mass is 359 g/mol. The van der Waals surface area contributed by atoms with Crippen molar-refractivity contribution in [2.45, 2.75) is 25.4 Å². The summed E-state index contributed by atoms with van der Waals surface area (Å²) in [5.41, 5.74) is -0.438. The molecule has 3 rings (SSSR count). The van der Waals surface area contributed by atoms with Crippen LogP contribution in [-0.2, 0) is 10.3 Å². The van der Waals surface area contributed by atoms with Crippen LogP contribution in [0.5, 0.6) is 11.5 Å². The lowest BCUT2D eigenvalue weighted by molar-refractivity contribution is -0.0255. The molecule has 0 aromatic heterocycles. The molecule has 0 radical (unpaired) electrons. The van der Waals surface area contributed by atoms with Crippen LogP contribution >= 0.6 is 0 Å². The Labute approximate surface area is 152 Å². The summed E-state index contributed by atoms with van der Waals surface area (Å²) in [6.07, 6.45) is 0.413. The largest absolute Gasteiger partial charge is 0.457 e. The van der Waals surface area contributed by atoms with Crippen molar-refractivity contribution in [3.8, 4) is 11.5 Å². The summed E-state index contributed by atoms with van der Waals surface area (Å²) in [6, 6.07) is 13.0. The smallest absolute Gasteiger partial charge is 0.409 e. The van der Waals surface area contributed by atoms with Crippen LogP contribution in [-0.4, -0.2) is 35.8 Å². The van der Waals surface area contributed by atoms with Gasteiger partial charge in [-0.25, -0.2) is 9.18 Å². The third-order valence-electron chi connectivity index (χ3n) is 4.55. The minimum Gasteiger partial charge on any atom is -0.457 e. The van der Waals surface area contributed by atoms with Crippen LogP contribution in [0.2, 0.25) is 0 Å². The SMILES string of the molecule is CCOC(=O)N1CCC(O)(c2ccccc2Oc2ccc(F)cc2)CC1. The van der Waals surface area contributed by atoms with Gasteiger partial charge in [-0.2, -0.15) is 0 Å². The molecule has 2 aromatic carbocycles. The first kappa shape index (κ1) is 18.2. The summed E-state index contributed by atoms with van der Waals surface area (Å²) in [5, 5.41) is 11.2. The number of hydrogen-bond acceptors (Lipinski definition) is 4. The van der Waals surface area contributed by atoms with E-state index in [1.807, 2.05) is 18.2 Å². The molecule has 0 spiro atoms. The van der Waals surface area contributed by atoms with Crippen LogP contribution < -0.4 is 4.74 Å². The van der Waals surface area contributed by atoms with E-state index in [0.29, 0.717) is 49.6 Å². The number of piperidine rings is 1. The Bertz CT molecular complexity index is 755. The molecule has 1 amide bonds. The highest BCUT2D eigenvalue weighted by molar-refractivity contribution is 5.67. The Morgan fingerprint density at radius 3 is 2.46 bits per heavy atom. The van der Waals surface area contributed by atoms with Gasteiger partial charge in [-0.3, -0.25) is 0 Å². The number of aliphatic hydroxyl groups is 1. The number of carbonyl (C=O) groups excluding carboxylic acids is 1. The Balaban J connectivity index is 1.77. The highest BCUT2D eigenvalue weighted by Gasteiger charge is 2.37. The molecule has 1 N–H and O–H groups in total. The second kappa shape index (κ2) is 7.74. The van der Waals surface area contributed by atoms with E-state index >= 15 is 0 Å². The molecule has 1 aliphatic rings. The molecule has 0 unspecified atom stereocenters. The molecular formula is C20H22FNO4. The summed E-state index contributed by atoms with van der Waals surface area (Å²) in [6.45, 7) is 2.90. The predicted octanol–water partition coefficient (Wildman–Crippen LogP) is 4.06. The standard InChI is InChI=1S/C20H22FNO4/c1-2-25-19(23)22-13-11-20(24,12-14-22)17-5-3-4-6-18(17)26-16-9-7-15(21)8-10-16/h3-10,24H,2,11-14H2,1H3. The van der Waals surface area contributed by atoms with Gasteiger partial charge in [0, 0.05) is 18.7 Å². The molecule has 1 fully saturated rings. The maximum Gasteiger partial charge on any atom is 0.409 e. The quantitative estimate of drug-likeness (QED) is 0.894. The van der Waals surface area contributed by atoms with E-state index in [0.717, 1.165) is 0 Å². The van der Waals surface area contributed by atoms with Crippen LogP contribution in [0, 0.1) is 5.82 Å². The lowest BCUT2D eigenvalue weighted by Gasteiger charge is -2.38. The molecule has 138 valence electrons. The van der Waals surface area contributed by atoms with Gasteiger partial charge in [0.05, 0.1) is 12.2 Å². The number of amides is 1. The molecule has 5 nitrogen and oxygen atoms in total. The maximum absolute atomic E-state index is 13.1. The fraction of sp³-hybridized carbons (Fsp3) is 0.350. The molecular weight excluding hydrogens is 337 g/mol. The van der Waals surface area contributed by atoms with Gasteiger partial charge < -0.3 is 19.5 Å². The summed E-state index contributed by atoms with van der Waals surface area (Å²) in [5.74, 6) is 0.674. The van der Waals surface area contributed by atoms with Crippen molar-refractivity contribution in [1.29, 1.82) is 0 Å². The number of likely N-dealkylation sites (tertiary alicyclic amines) is 1. The molecule has 6 heteroatoms. The van der Waals surface area contributed by atoms with Crippen molar-refractivity contribution in [2.75, 3.05) is 19.7 Å². The minimum atomic E-state index is -1.10. The number of rotatable bonds is 4. The number of benzene rings is 2. The average Bonchev–Trinajstić information content (AvgIpc) is 2.65. The summed E-state index contributed by atoms with van der Waals surface area (Å²) in [7, 11) is 0. The van der Waals surface area contributed by atoms with Crippen LogP contribution in [0.1, 0.15) is 25.3 Å². The van der Waals surface area contributed by atoms with Crippen LogP contribution in [0.4, 0.5) is 9.18 Å². The molecule has 26 heavy (non-hydrogen) atoms. The Kier molecular flexibility index (Phi) is 5.42. The molecule has 0 bridgehead atoms. The number of halogens is 1. The summed E-state index contributed by atoms with van der Waals surface area (Å²) < 4.78 is 24.0. The number of para-hydroxylation sites is 1. The number of ether oxygens (including phenoxy) is 2. The number of hydrogen-bond donors (Lipinski definition) is 1. The van der Waals surface area contributed by atoms with E-state index < -0.39 is 5.60 Å². The van der Waals surface area contributed by atoms with Gasteiger partial charge in [0.2, 0.25) is 0 Å². The fourth-order valence-corrected chi connectivity index (χ4v) is 3.11. The van der Waals surface area contributed by atoms with E-state index in [9.17, 15) is 14.3 Å². The van der Waals surface area contributed by atoms with Crippen LogP contribution in [0.25, 0.3) is 0 Å². The molecule has 1 aliphatic heterocycles. The Morgan fingerprint density at radius 2 is 1.81 bits per heavy atom. The second-order valence-electron chi connectivity index (χ2n) is 6.27. The van der Waals surface area contributed by atoms with Gasteiger partial charge in [0.15, 0.2) is 0 Å². The topological polar surface area (TPSA) is 59.0 Å². The molecule has 0 saturated carbocycles. The number of nitrogens with zero attached hydrogens (tertiary/aromatic N) is 1. The van der Waals surface area contributed by atoms with Gasteiger partial charge in [-0.1, -0.05) is 18.2 Å². The molecule has 0 atom stereocenters. The van der Waals surface area contributed by atoms with E-state index in [4.69, 9.17) is 9.47 Å². The molecule has 2 aromatic rings. The highest BCUT2D eigenvalue weighted by Crippen LogP contribution is 2.39. The third kappa shape index (κ3) is 3.96. The van der Waals surface area contributed by atoms with Crippen LogP contribution in [0.3, 0.4) is 0 Å². The Hall–Kier alpha value is -2.60. The van der Waals surface area contributed by atoms with Gasteiger partial charge in [-0.15, -0.1) is 0 Å². The van der Waals surface area contributed by atoms with Crippen molar-refractivity contribution in [1.82, 2.24) is 4.90 Å². The van der Waals surface area contributed by atoms with Crippen LogP contribution in [0.15, 0.2) is 48.5 Å². The van der Waals surface area contributed by atoms with Crippen molar-refractivity contribution in [3.63, 3.8) is 0 Å². The van der Waals surface area contributed by atoms with E-state index in [1.165, 1.54) is 12.1 Å². The second-order valence-corrected chi connectivity index (χ2v) is 6.27.